The van der Waals surface area contributed by atoms with Crippen molar-refractivity contribution >= 4 is 49.4 Å². The van der Waals surface area contributed by atoms with E-state index in [9.17, 15) is 23.3 Å². The fourth-order valence-corrected chi connectivity index (χ4v) is 3.48. The number of hydrogen-bond acceptors (Lipinski definition) is 6. The summed E-state index contributed by atoms with van der Waals surface area (Å²) in [4.78, 5) is 10.3. The van der Waals surface area contributed by atoms with Crippen LogP contribution in [0.3, 0.4) is 0 Å². The van der Waals surface area contributed by atoms with Crippen molar-refractivity contribution < 1.29 is 27.6 Å². The van der Waals surface area contributed by atoms with Crippen molar-refractivity contribution in [3.8, 4) is 11.5 Å². The lowest BCUT2D eigenvalue weighted by molar-refractivity contribution is -0.384. The summed E-state index contributed by atoms with van der Waals surface area (Å²) >= 11 is 6.78. The van der Waals surface area contributed by atoms with Gasteiger partial charge >= 0.3 is 6.18 Å². The van der Waals surface area contributed by atoms with Crippen LogP contribution >= 0.6 is 31.9 Å². The summed E-state index contributed by atoms with van der Waals surface area (Å²) in [6.45, 7) is 0.308. The largest absolute Gasteiger partial charge is 0.493 e. The Balaban J connectivity index is 1.77. The van der Waals surface area contributed by atoms with E-state index in [0.717, 1.165) is 22.2 Å². The second-order valence-electron chi connectivity index (χ2n) is 6.80. The summed E-state index contributed by atoms with van der Waals surface area (Å²) in [6.07, 6.45) is -3.36. The summed E-state index contributed by atoms with van der Waals surface area (Å²) in [5, 5.41) is 15.1. The number of rotatable bonds is 8. The zero-order valence-corrected chi connectivity index (χ0v) is 20.6. The molecule has 12 heteroatoms. The van der Waals surface area contributed by atoms with Crippen LogP contribution in [-0.4, -0.2) is 18.2 Å². The van der Waals surface area contributed by atoms with Gasteiger partial charge in [0.2, 0.25) is 0 Å². The third-order valence-corrected chi connectivity index (χ3v) is 5.72. The summed E-state index contributed by atoms with van der Waals surface area (Å²) in [5.74, 6) is 0.892. The minimum atomic E-state index is -4.70. The molecule has 0 aliphatic heterocycles. The maximum atomic E-state index is 12.9. The average molecular weight is 603 g/mol. The lowest BCUT2D eigenvalue weighted by Crippen LogP contribution is -2.06. The van der Waals surface area contributed by atoms with Gasteiger partial charge in [0.1, 0.15) is 12.3 Å². The highest BCUT2D eigenvalue weighted by Crippen LogP contribution is 2.36. The van der Waals surface area contributed by atoms with Crippen molar-refractivity contribution in [1.82, 2.24) is 0 Å². The molecule has 178 valence electrons. The lowest BCUT2D eigenvalue weighted by Gasteiger charge is -2.13. The Bertz CT molecular complexity index is 1220. The number of nitrogens with zero attached hydrogens (tertiary/aromatic N) is 2. The van der Waals surface area contributed by atoms with Gasteiger partial charge in [-0.1, -0.05) is 28.1 Å². The molecule has 0 atom stereocenters. The lowest BCUT2D eigenvalue weighted by atomic mass is 10.1. The number of nitro benzene ring substituents is 1. The topological polar surface area (TPSA) is 86.0 Å². The highest BCUT2D eigenvalue weighted by molar-refractivity contribution is 9.10. The van der Waals surface area contributed by atoms with Crippen molar-refractivity contribution in [1.29, 1.82) is 0 Å². The van der Waals surface area contributed by atoms with E-state index in [1.54, 1.807) is 12.1 Å². The van der Waals surface area contributed by atoms with Crippen LogP contribution < -0.4 is 14.9 Å². The van der Waals surface area contributed by atoms with E-state index in [2.05, 4.69) is 42.4 Å². The van der Waals surface area contributed by atoms with Gasteiger partial charge in [-0.05, 0) is 57.9 Å². The number of hydrazone groups is 1. The first-order valence-electron chi connectivity index (χ1n) is 9.48. The van der Waals surface area contributed by atoms with E-state index in [-0.39, 0.29) is 5.69 Å². The van der Waals surface area contributed by atoms with Gasteiger partial charge in [-0.25, -0.2) is 0 Å². The molecule has 0 amide bonds. The molecule has 0 unspecified atom stereocenters. The first-order valence-corrected chi connectivity index (χ1v) is 11.1. The van der Waals surface area contributed by atoms with Crippen molar-refractivity contribution in [3.05, 3.63) is 90.3 Å². The molecule has 3 aromatic carbocycles. The Morgan fingerprint density at radius 3 is 2.41 bits per heavy atom. The fraction of sp³-hybridized carbons (Fsp3) is 0.136. The monoisotopic (exact) mass is 601 g/mol. The average Bonchev–Trinajstić information content (AvgIpc) is 2.79. The molecule has 0 saturated heterocycles. The highest BCUT2D eigenvalue weighted by Gasteiger charge is 2.33. The number of nitro groups is 1. The van der Waals surface area contributed by atoms with Crippen molar-refractivity contribution in [2.75, 3.05) is 12.5 Å². The predicted molar refractivity (Wildman–Crippen MR) is 128 cm³/mol. The number of alkyl halides is 3. The maximum Gasteiger partial charge on any atom is 0.416 e. The minimum Gasteiger partial charge on any atom is -0.493 e. The van der Waals surface area contributed by atoms with Crippen LogP contribution in [0.2, 0.25) is 0 Å². The first-order chi connectivity index (χ1) is 16.1. The van der Waals surface area contributed by atoms with Gasteiger partial charge in [-0.3, -0.25) is 15.5 Å². The first kappa shape index (κ1) is 25.5. The third kappa shape index (κ3) is 6.48. The molecular weight excluding hydrogens is 587 g/mol. The highest BCUT2D eigenvalue weighted by atomic mass is 79.9. The normalized spacial score (nSPS) is 11.5. The predicted octanol–water partition coefficient (Wildman–Crippen LogP) is 7.17. The molecule has 0 bridgehead atoms. The van der Waals surface area contributed by atoms with E-state index < -0.39 is 22.4 Å². The number of nitrogens with one attached hydrogen (secondary N) is 1. The molecule has 7 nitrogen and oxygen atoms in total. The van der Waals surface area contributed by atoms with Gasteiger partial charge in [0.05, 0.1) is 23.8 Å². The Morgan fingerprint density at radius 1 is 1.09 bits per heavy atom. The Kier molecular flexibility index (Phi) is 8.15. The molecule has 0 spiro atoms. The SMILES string of the molecule is COc1cc(/C=N\Nc2ccc(C(F)(F)F)cc2[N+](=O)[O-])c(Br)cc1OCc1ccc(Br)cc1. The molecule has 1 N–H and O–H groups in total. The van der Waals surface area contributed by atoms with Gasteiger partial charge in [-0.2, -0.15) is 18.3 Å². The number of halogens is 5. The third-order valence-electron chi connectivity index (χ3n) is 4.50. The summed E-state index contributed by atoms with van der Waals surface area (Å²) in [6, 6.07) is 13.1. The number of anilines is 1. The van der Waals surface area contributed by atoms with Gasteiger partial charge in [0, 0.05) is 20.6 Å². The fourth-order valence-electron chi connectivity index (χ4n) is 2.79. The maximum absolute atomic E-state index is 12.9. The molecule has 0 radical (unpaired) electrons. The molecule has 3 rings (SSSR count). The standard InChI is InChI=1S/C22H16Br2F3N3O4/c1-33-20-8-14(17(24)10-21(20)34-12-13-2-5-16(23)6-3-13)11-28-29-18-7-4-15(22(25,26)27)9-19(18)30(31)32/h2-11,29H,12H2,1H3/b28-11-. The quantitative estimate of drug-likeness (QED) is 0.168. The molecular formula is C22H16Br2F3N3O4. The molecule has 0 saturated carbocycles. The van der Waals surface area contributed by atoms with Crippen LogP contribution in [0.15, 0.2) is 68.6 Å². The second kappa shape index (κ2) is 10.9. The van der Waals surface area contributed by atoms with E-state index in [4.69, 9.17) is 9.47 Å². The van der Waals surface area contributed by atoms with Crippen molar-refractivity contribution in [2.24, 2.45) is 5.10 Å². The smallest absolute Gasteiger partial charge is 0.416 e. The number of hydrogen-bond donors (Lipinski definition) is 1. The van der Waals surface area contributed by atoms with Crippen LogP contribution in [0, 0.1) is 10.1 Å². The van der Waals surface area contributed by atoms with E-state index in [1.165, 1.54) is 13.3 Å². The van der Waals surface area contributed by atoms with E-state index in [1.807, 2.05) is 24.3 Å². The molecule has 0 aliphatic carbocycles. The zero-order chi connectivity index (χ0) is 24.9. The summed E-state index contributed by atoms with van der Waals surface area (Å²) in [7, 11) is 1.47. The zero-order valence-electron chi connectivity index (χ0n) is 17.4. The van der Waals surface area contributed by atoms with Gasteiger partial charge in [0.15, 0.2) is 11.5 Å². The van der Waals surface area contributed by atoms with Crippen LogP contribution in [0.5, 0.6) is 11.5 Å². The van der Waals surface area contributed by atoms with Crippen LogP contribution in [0.1, 0.15) is 16.7 Å². The minimum absolute atomic E-state index is 0.188. The van der Waals surface area contributed by atoms with Gasteiger partial charge in [0.25, 0.3) is 5.69 Å². The van der Waals surface area contributed by atoms with Crippen molar-refractivity contribution in [2.45, 2.75) is 12.8 Å². The van der Waals surface area contributed by atoms with Crippen LogP contribution in [0.4, 0.5) is 24.5 Å². The van der Waals surface area contributed by atoms with Crippen LogP contribution in [0.25, 0.3) is 0 Å². The molecule has 34 heavy (non-hydrogen) atoms. The Hall–Kier alpha value is -3.12. The van der Waals surface area contributed by atoms with Crippen LogP contribution in [-0.2, 0) is 12.8 Å². The van der Waals surface area contributed by atoms with E-state index >= 15 is 0 Å². The molecule has 0 aromatic heterocycles. The van der Waals surface area contributed by atoms with Gasteiger partial charge < -0.3 is 9.47 Å². The number of benzene rings is 3. The summed E-state index contributed by atoms with van der Waals surface area (Å²) in [5.41, 5.74) is 1.84. The van der Waals surface area contributed by atoms with Gasteiger partial charge in [-0.15, -0.1) is 0 Å². The molecule has 0 fully saturated rings. The Labute approximate surface area is 209 Å². The second-order valence-corrected chi connectivity index (χ2v) is 8.57. The number of ether oxygens (including phenoxy) is 2. The molecule has 3 aromatic rings. The molecule has 0 aliphatic rings. The van der Waals surface area contributed by atoms with Crippen molar-refractivity contribution in [3.63, 3.8) is 0 Å². The molecule has 0 heterocycles. The Morgan fingerprint density at radius 2 is 1.79 bits per heavy atom. The number of methoxy groups -OCH3 is 1. The van der Waals surface area contributed by atoms with E-state index in [0.29, 0.717) is 34.2 Å². The summed E-state index contributed by atoms with van der Waals surface area (Å²) < 4.78 is 51.3.